The van der Waals surface area contributed by atoms with E-state index in [9.17, 15) is 9.59 Å². The minimum atomic E-state index is -0.515. The predicted octanol–water partition coefficient (Wildman–Crippen LogP) is 4.52. The number of ether oxygens (including phenoxy) is 1. The van der Waals surface area contributed by atoms with Gasteiger partial charge in [-0.1, -0.05) is 60.2 Å². The summed E-state index contributed by atoms with van der Waals surface area (Å²) in [5, 5.41) is 4.78. The van der Waals surface area contributed by atoms with Gasteiger partial charge in [0.15, 0.2) is 6.61 Å². The van der Waals surface area contributed by atoms with Gasteiger partial charge in [0.2, 0.25) is 0 Å². The Bertz CT molecular complexity index is 1210. The number of carbonyl (C=O) groups excluding carboxylic acids is 2. The maximum absolute atomic E-state index is 12.7. The third-order valence-corrected chi connectivity index (χ3v) is 6.00. The van der Waals surface area contributed by atoms with Crippen LogP contribution in [0.15, 0.2) is 78.4 Å². The molecule has 4 rings (SSSR count). The number of hydrogen-bond acceptors (Lipinski definition) is 5. The fourth-order valence-electron chi connectivity index (χ4n) is 3.42. The number of imidazole rings is 1. The summed E-state index contributed by atoms with van der Waals surface area (Å²) in [6.07, 6.45) is 3.50. The normalized spacial score (nSPS) is 11.7. The van der Waals surface area contributed by atoms with Crippen molar-refractivity contribution in [1.29, 1.82) is 0 Å². The second kappa shape index (κ2) is 9.62. The minimum absolute atomic E-state index is 0.377. The Balaban J connectivity index is 1.44. The van der Waals surface area contributed by atoms with Crippen LogP contribution >= 0.6 is 11.3 Å². The van der Waals surface area contributed by atoms with Crippen molar-refractivity contribution >= 4 is 23.2 Å². The number of nitrogens with zero attached hydrogens (tertiary/aromatic N) is 2. The molecular formula is C25H23N3O3S. The molecule has 0 aliphatic heterocycles. The quantitative estimate of drug-likeness (QED) is 0.425. The molecule has 0 aliphatic carbocycles. The second-order valence-electron chi connectivity index (χ2n) is 7.41. The van der Waals surface area contributed by atoms with E-state index < -0.39 is 17.9 Å². The first-order chi connectivity index (χ1) is 15.5. The molecule has 2 heterocycles. The molecule has 0 fully saturated rings. The molecule has 0 spiro atoms. The van der Waals surface area contributed by atoms with Crippen molar-refractivity contribution in [2.75, 3.05) is 6.61 Å². The summed E-state index contributed by atoms with van der Waals surface area (Å²) < 4.78 is 7.20. The minimum Gasteiger partial charge on any atom is -0.451 e. The molecular weight excluding hydrogens is 422 g/mol. The van der Waals surface area contributed by atoms with E-state index in [1.807, 2.05) is 90.8 Å². The number of nitrogens with one attached hydrogen (secondary N) is 1. The number of thiophene rings is 1. The van der Waals surface area contributed by atoms with Crippen molar-refractivity contribution < 1.29 is 14.3 Å². The van der Waals surface area contributed by atoms with Crippen LogP contribution in [0.5, 0.6) is 0 Å². The van der Waals surface area contributed by atoms with E-state index in [0.717, 1.165) is 22.3 Å². The molecule has 7 heteroatoms. The van der Waals surface area contributed by atoms with Crippen molar-refractivity contribution in [3.05, 3.63) is 100 Å². The average Bonchev–Trinajstić information content (AvgIpc) is 3.46. The number of aryl methyl sites for hydroxylation is 2. The molecule has 0 saturated carbocycles. The van der Waals surface area contributed by atoms with E-state index in [4.69, 9.17) is 4.74 Å². The van der Waals surface area contributed by atoms with Crippen LogP contribution in [0, 0.1) is 6.92 Å². The van der Waals surface area contributed by atoms with E-state index in [0.29, 0.717) is 10.7 Å². The Morgan fingerprint density at radius 2 is 1.84 bits per heavy atom. The van der Waals surface area contributed by atoms with Gasteiger partial charge in [0.05, 0.1) is 0 Å². The number of hydrogen-bond donors (Lipinski definition) is 1. The summed E-state index contributed by atoms with van der Waals surface area (Å²) in [7, 11) is 1.87. The monoisotopic (exact) mass is 445 g/mol. The van der Waals surface area contributed by atoms with Gasteiger partial charge in [0.25, 0.3) is 5.91 Å². The molecule has 0 radical (unpaired) electrons. The molecule has 4 aromatic rings. The number of aromatic nitrogens is 2. The lowest BCUT2D eigenvalue weighted by Crippen LogP contribution is -2.34. The first kappa shape index (κ1) is 21.5. The van der Waals surface area contributed by atoms with Gasteiger partial charge in [-0.3, -0.25) is 4.79 Å². The van der Waals surface area contributed by atoms with Crippen LogP contribution in [0.2, 0.25) is 0 Å². The summed E-state index contributed by atoms with van der Waals surface area (Å²) in [5.74, 6) is -0.224. The van der Waals surface area contributed by atoms with Crippen LogP contribution < -0.4 is 5.32 Å². The molecule has 1 atom stereocenters. The SMILES string of the molecule is Cc1ccc(-c2ccsc2C(=O)OCC(=O)N[C@H](c2ccccc2)c2nccn2C)cc1. The highest BCUT2D eigenvalue weighted by Gasteiger charge is 2.22. The fourth-order valence-corrected chi connectivity index (χ4v) is 4.23. The average molecular weight is 446 g/mol. The van der Waals surface area contributed by atoms with E-state index in [-0.39, 0.29) is 6.61 Å². The fraction of sp³-hybridized carbons (Fsp3) is 0.160. The molecule has 6 nitrogen and oxygen atoms in total. The van der Waals surface area contributed by atoms with Crippen molar-refractivity contribution in [2.45, 2.75) is 13.0 Å². The molecule has 0 bridgehead atoms. The predicted molar refractivity (Wildman–Crippen MR) is 124 cm³/mol. The Morgan fingerprint density at radius 3 is 2.53 bits per heavy atom. The first-order valence-corrected chi connectivity index (χ1v) is 11.0. The summed E-state index contributed by atoms with van der Waals surface area (Å²) in [5.41, 5.74) is 3.77. The van der Waals surface area contributed by atoms with Crippen molar-refractivity contribution in [3.63, 3.8) is 0 Å². The van der Waals surface area contributed by atoms with Crippen molar-refractivity contribution in [3.8, 4) is 11.1 Å². The lowest BCUT2D eigenvalue weighted by Gasteiger charge is -2.19. The van der Waals surface area contributed by atoms with Gasteiger partial charge in [-0.25, -0.2) is 9.78 Å². The number of rotatable bonds is 7. The number of carbonyl (C=O) groups is 2. The van der Waals surface area contributed by atoms with Crippen LogP contribution in [0.3, 0.4) is 0 Å². The van der Waals surface area contributed by atoms with Crippen LogP contribution in [-0.2, 0) is 16.6 Å². The van der Waals surface area contributed by atoms with Gasteiger partial charge in [0, 0.05) is 25.0 Å². The Morgan fingerprint density at radius 1 is 1.09 bits per heavy atom. The lowest BCUT2D eigenvalue weighted by atomic mass is 10.1. The van der Waals surface area contributed by atoms with Crippen molar-refractivity contribution in [2.24, 2.45) is 7.05 Å². The van der Waals surface area contributed by atoms with E-state index in [1.54, 1.807) is 6.20 Å². The lowest BCUT2D eigenvalue weighted by molar-refractivity contribution is -0.124. The van der Waals surface area contributed by atoms with Crippen LogP contribution in [0.4, 0.5) is 0 Å². The molecule has 2 aromatic heterocycles. The van der Waals surface area contributed by atoms with Crippen LogP contribution in [0.1, 0.15) is 32.7 Å². The van der Waals surface area contributed by atoms with Gasteiger partial charge < -0.3 is 14.6 Å². The second-order valence-corrected chi connectivity index (χ2v) is 8.33. The number of benzene rings is 2. The maximum atomic E-state index is 12.7. The summed E-state index contributed by atoms with van der Waals surface area (Å²) in [6, 6.07) is 18.9. The van der Waals surface area contributed by atoms with Gasteiger partial charge in [0.1, 0.15) is 16.7 Å². The topological polar surface area (TPSA) is 73.2 Å². The first-order valence-electron chi connectivity index (χ1n) is 10.2. The maximum Gasteiger partial charge on any atom is 0.349 e. The molecule has 0 saturated heterocycles. The third kappa shape index (κ3) is 4.78. The van der Waals surface area contributed by atoms with E-state index in [2.05, 4.69) is 10.3 Å². The molecule has 32 heavy (non-hydrogen) atoms. The highest BCUT2D eigenvalue weighted by Crippen LogP contribution is 2.29. The largest absolute Gasteiger partial charge is 0.451 e. The Hall–Kier alpha value is -3.71. The van der Waals surface area contributed by atoms with Crippen molar-refractivity contribution in [1.82, 2.24) is 14.9 Å². The van der Waals surface area contributed by atoms with Gasteiger partial charge in [-0.2, -0.15) is 0 Å². The Kier molecular flexibility index (Phi) is 6.47. The molecule has 2 aromatic carbocycles. The van der Waals surface area contributed by atoms with Gasteiger partial charge in [-0.05, 0) is 29.5 Å². The van der Waals surface area contributed by atoms with Crippen LogP contribution in [-0.4, -0.2) is 28.0 Å². The Labute approximate surface area is 190 Å². The van der Waals surface area contributed by atoms with Gasteiger partial charge in [-0.15, -0.1) is 11.3 Å². The summed E-state index contributed by atoms with van der Waals surface area (Å²) >= 11 is 1.30. The molecule has 0 unspecified atom stereocenters. The molecule has 162 valence electrons. The smallest absolute Gasteiger partial charge is 0.349 e. The standard InChI is InChI=1S/C25H23N3O3S/c1-17-8-10-18(11-9-17)20-12-15-32-23(20)25(30)31-16-21(29)27-22(19-6-4-3-5-7-19)24-26-13-14-28(24)2/h3-15,22H,16H2,1-2H3,(H,27,29)/t22-/m1/s1. The zero-order chi connectivity index (χ0) is 22.5. The summed E-state index contributed by atoms with van der Waals surface area (Å²) in [4.78, 5) is 30.2. The highest BCUT2D eigenvalue weighted by molar-refractivity contribution is 7.12. The molecule has 1 N–H and O–H groups in total. The molecule has 1 amide bonds. The number of amides is 1. The van der Waals surface area contributed by atoms with E-state index >= 15 is 0 Å². The zero-order valence-electron chi connectivity index (χ0n) is 17.8. The summed E-state index contributed by atoms with van der Waals surface area (Å²) in [6.45, 7) is 1.64. The third-order valence-electron chi connectivity index (χ3n) is 5.10. The highest BCUT2D eigenvalue weighted by atomic mass is 32.1. The van der Waals surface area contributed by atoms with E-state index in [1.165, 1.54) is 11.3 Å². The van der Waals surface area contributed by atoms with Crippen LogP contribution in [0.25, 0.3) is 11.1 Å². The van der Waals surface area contributed by atoms with Gasteiger partial charge >= 0.3 is 5.97 Å². The number of esters is 1. The zero-order valence-corrected chi connectivity index (χ0v) is 18.6. The molecule has 0 aliphatic rings.